The molecule has 0 spiro atoms. The fourth-order valence-electron chi connectivity index (χ4n) is 2.35. The van der Waals surface area contributed by atoms with Gasteiger partial charge in [-0.05, 0) is 12.3 Å². The molecule has 1 aliphatic rings. The number of carboxylic acids is 1. The molecule has 0 amide bonds. The minimum absolute atomic E-state index is 0.327. The Hall–Kier alpha value is -1.73. The van der Waals surface area contributed by atoms with Gasteiger partial charge < -0.3 is 20.1 Å². The first-order chi connectivity index (χ1) is 10.6. The maximum atomic E-state index is 11.2. The topological polar surface area (TPSA) is 87.6 Å². The zero-order valence-corrected chi connectivity index (χ0v) is 13.2. The molecule has 0 radical (unpaired) electrons. The second-order valence-corrected chi connectivity index (χ2v) is 5.89. The zero-order valence-electron chi connectivity index (χ0n) is 13.2. The molecule has 0 saturated carbocycles. The number of hydrogen-bond acceptors (Lipinski definition) is 6. The smallest absolute Gasteiger partial charge is 0.320 e. The van der Waals surface area contributed by atoms with Crippen LogP contribution in [-0.4, -0.2) is 53.4 Å². The summed E-state index contributed by atoms with van der Waals surface area (Å²) in [6.45, 7) is 7.47. The van der Waals surface area contributed by atoms with Crippen molar-refractivity contribution in [3.05, 3.63) is 18.0 Å². The summed E-state index contributed by atoms with van der Waals surface area (Å²) in [5.74, 6) is 0.206. The number of aliphatic carboxylic acids is 1. The van der Waals surface area contributed by atoms with E-state index < -0.39 is 12.0 Å². The van der Waals surface area contributed by atoms with Crippen molar-refractivity contribution in [1.29, 1.82) is 0 Å². The highest BCUT2D eigenvalue weighted by atomic mass is 16.5. The molecule has 1 aliphatic heterocycles. The van der Waals surface area contributed by atoms with Crippen molar-refractivity contribution in [2.24, 2.45) is 5.92 Å². The Morgan fingerprint density at radius 1 is 1.36 bits per heavy atom. The lowest BCUT2D eigenvalue weighted by atomic mass is 10.0. The van der Waals surface area contributed by atoms with Gasteiger partial charge in [0.15, 0.2) is 0 Å². The van der Waals surface area contributed by atoms with Gasteiger partial charge >= 0.3 is 5.97 Å². The van der Waals surface area contributed by atoms with Crippen molar-refractivity contribution < 1.29 is 14.6 Å². The number of rotatable bonds is 7. The van der Waals surface area contributed by atoms with E-state index in [1.165, 1.54) is 0 Å². The Morgan fingerprint density at radius 2 is 2.00 bits per heavy atom. The zero-order chi connectivity index (χ0) is 15.9. The largest absolute Gasteiger partial charge is 0.480 e. The SMILES string of the molecule is CC(C)CC(NCc1cnc(N2CCOCC2)nc1)C(=O)O. The monoisotopic (exact) mass is 308 g/mol. The van der Waals surface area contributed by atoms with Gasteiger partial charge in [-0.1, -0.05) is 13.8 Å². The van der Waals surface area contributed by atoms with Crippen molar-refractivity contribution in [2.75, 3.05) is 31.2 Å². The predicted octanol–water partition coefficient (Wildman–Crippen LogP) is 0.902. The van der Waals surface area contributed by atoms with Crippen LogP contribution in [0.4, 0.5) is 5.95 Å². The van der Waals surface area contributed by atoms with E-state index in [1.54, 1.807) is 12.4 Å². The van der Waals surface area contributed by atoms with Gasteiger partial charge in [0.1, 0.15) is 6.04 Å². The molecule has 2 N–H and O–H groups in total. The number of anilines is 1. The maximum Gasteiger partial charge on any atom is 0.320 e. The van der Waals surface area contributed by atoms with Gasteiger partial charge in [-0.3, -0.25) is 4.79 Å². The maximum absolute atomic E-state index is 11.2. The molecule has 1 unspecified atom stereocenters. The number of nitrogens with zero attached hydrogens (tertiary/aromatic N) is 3. The lowest BCUT2D eigenvalue weighted by Gasteiger charge is -2.26. The fourth-order valence-corrected chi connectivity index (χ4v) is 2.35. The molecule has 122 valence electrons. The van der Waals surface area contributed by atoms with Gasteiger partial charge in [0.05, 0.1) is 13.2 Å². The van der Waals surface area contributed by atoms with Crippen LogP contribution in [0.25, 0.3) is 0 Å². The lowest BCUT2D eigenvalue weighted by Crippen LogP contribution is -2.38. The molecule has 1 fully saturated rings. The molecule has 0 aromatic carbocycles. The fraction of sp³-hybridized carbons (Fsp3) is 0.667. The second kappa shape index (κ2) is 8.05. The van der Waals surface area contributed by atoms with Crippen LogP contribution < -0.4 is 10.2 Å². The van der Waals surface area contributed by atoms with Gasteiger partial charge in [0.2, 0.25) is 5.95 Å². The van der Waals surface area contributed by atoms with E-state index in [2.05, 4.69) is 20.2 Å². The van der Waals surface area contributed by atoms with Gasteiger partial charge in [-0.15, -0.1) is 0 Å². The van der Waals surface area contributed by atoms with Crippen molar-refractivity contribution in [3.8, 4) is 0 Å². The van der Waals surface area contributed by atoms with E-state index in [4.69, 9.17) is 4.74 Å². The number of morpholine rings is 1. The van der Waals surface area contributed by atoms with Gasteiger partial charge in [0.25, 0.3) is 0 Å². The normalized spacial score (nSPS) is 16.8. The third-order valence-electron chi connectivity index (χ3n) is 3.54. The summed E-state index contributed by atoms with van der Waals surface area (Å²) in [7, 11) is 0. The van der Waals surface area contributed by atoms with Gasteiger partial charge in [0, 0.05) is 37.6 Å². The summed E-state index contributed by atoms with van der Waals surface area (Å²) in [4.78, 5) is 22.0. The van der Waals surface area contributed by atoms with E-state index in [-0.39, 0.29) is 0 Å². The van der Waals surface area contributed by atoms with E-state index in [1.807, 2.05) is 13.8 Å². The molecule has 2 heterocycles. The van der Waals surface area contributed by atoms with Crippen LogP contribution in [0.3, 0.4) is 0 Å². The highest BCUT2D eigenvalue weighted by molar-refractivity contribution is 5.73. The molecular formula is C15H24N4O3. The highest BCUT2D eigenvalue weighted by Gasteiger charge is 2.18. The first kappa shape index (κ1) is 16.6. The Bertz CT molecular complexity index is 472. The number of ether oxygens (including phenoxy) is 1. The molecule has 0 aliphatic carbocycles. The average Bonchev–Trinajstić information content (AvgIpc) is 2.52. The van der Waals surface area contributed by atoms with E-state index >= 15 is 0 Å². The Kier molecular flexibility index (Phi) is 6.09. The van der Waals surface area contributed by atoms with E-state index in [0.29, 0.717) is 38.0 Å². The number of hydrogen-bond donors (Lipinski definition) is 2. The third kappa shape index (κ3) is 4.92. The molecule has 1 saturated heterocycles. The van der Waals surface area contributed by atoms with Crippen LogP contribution in [0.5, 0.6) is 0 Å². The number of nitrogens with one attached hydrogen (secondary N) is 1. The molecule has 0 bridgehead atoms. The molecule has 1 atom stereocenters. The first-order valence-electron chi connectivity index (χ1n) is 7.66. The predicted molar refractivity (Wildman–Crippen MR) is 82.8 cm³/mol. The minimum atomic E-state index is -0.820. The average molecular weight is 308 g/mol. The highest BCUT2D eigenvalue weighted by Crippen LogP contribution is 2.10. The third-order valence-corrected chi connectivity index (χ3v) is 3.54. The molecule has 7 nitrogen and oxygen atoms in total. The second-order valence-electron chi connectivity index (χ2n) is 5.89. The van der Waals surface area contributed by atoms with Crippen molar-refractivity contribution >= 4 is 11.9 Å². The Morgan fingerprint density at radius 3 is 2.55 bits per heavy atom. The number of carboxylic acid groups (broad SMARTS) is 1. The van der Waals surface area contributed by atoms with Crippen LogP contribution >= 0.6 is 0 Å². The standard InChI is InChI=1S/C15H24N4O3/c1-11(2)7-13(14(20)21)16-8-12-9-17-15(18-10-12)19-3-5-22-6-4-19/h9-11,13,16H,3-8H2,1-2H3,(H,20,21). The van der Waals surface area contributed by atoms with Crippen LogP contribution in [0.2, 0.25) is 0 Å². The van der Waals surface area contributed by atoms with E-state index in [0.717, 1.165) is 18.7 Å². The van der Waals surface area contributed by atoms with Gasteiger partial charge in [-0.25, -0.2) is 9.97 Å². The summed E-state index contributed by atoms with van der Waals surface area (Å²) in [6.07, 6.45) is 4.10. The molecule has 1 aromatic heterocycles. The van der Waals surface area contributed by atoms with Gasteiger partial charge in [-0.2, -0.15) is 0 Å². The summed E-state index contributed by atoms with van der Waals surface area (Å²) in [6, 6.07) is -0.543. The summed E-state index contributed by atoms with van der Waals surface area (Å²) >= 11 is 0. The summed E-state index contributed by atoms with van der Waals surface area (Å²) in [5.41, 5.74) is 0.881. The van der Waals surface area contributed by atoms with Crippen LogP contribution in [0, 0.1) is 5.92 Å². The van der Waals surface area contributed by atoms with Crippen LogP contribution in [0.1, 0.15) is 25.8 Å². The molecule has 7 heteroatoms. The molecular weight excluding hydrogens is 284 g/mol. The Balaban J connectivity index is 1.88. The molecule has 22 heavy (non-hydrogen) atoms. The minimum Gasteiger partial charge on any atom is -0.480 e. The summed E-state index contributed by atoms with van der Waals surface area (Å²) < 4.78 is 5.30. The van der Waals surface area contributed by atoms with Crippen molar-refractivity contribution in [1.82, 2.24) is 15.3 Å². The van der Waals surface area contributed by atoms with Crippen molar-refractivity contribution in [3.63, 3.8) is 0 Å². The van der Waals surface area contributed by atoms with Crippen molar-refractivity contribution in [2.45, 2.75) is 32.9 Å². The molecule has 2 rings (SSSR count). The van der Waals surface area contributed by atoms with Crippen LogP contribution in [0.15, 0.2) is 12.4 Å². The lowest BCUT2D eigenvalue weighted by molar-refractivity contribution is -0.140. The quantitative estimate of drug-likeness (QED) is 0.774. The first-order valence-corrected chi connectivity index (χ1v) is 7.66. The Labute approximate surface area is 130 Å². The van der Waals surface area contributed by atoms with Crippen LogP contribution in [-0.2, 0) is 16.1 Å². The van der Waals surface area contributed by atoms with E-state index in [9.17, 15) is 9.90 Å². The number of aromatic nitrogens is 2. The summed E-state index contributed by atoms with van der Waals surface area (Å²) in [5, 5.41) is 12.3. The number of carbonyl (C=O) groups is 1. The molecule has 1 aromatic rings.